The number of hydrogen-bond donors (Lipinski definition) is 12. The number of hydrogen-bond acceptors (Lipinski definition) is 18. The van der Waals surface area contributed by atoms with Gasteiger partial charge < -0.3 is 89.7 Å². The van der Waals surface area contributed by atoms with Crippen LogP contribution < -0.4 is 0 Å². The summed E-state index contributed by atoms with van der Waals surface area (Å²) in [4.78, 5) is 0. The SMILES string of the molecule is CC(C)=CCC[C@](C)(O[C@@H]1O[C@H](CO)[C@@H](O)[C@H](O)[C@H]1O)[C@H]1CC[C@]2(C)[C@@H]1[C@H](O)C[C@@H]1[C@@]3(C)CC[C@H](O)C(C)(C)[C@@H]3[C@@H](O[C@@H]3O[C@H](CO)[C@@H](O)[C@H](O)[C@H]3O[C@@H]3O[C@H](C)[C@@H](O)[C@H](O)[C@@H]3O)C[C@]12C. The molecule has 26 atom stereocenters. The summed E-state index contributed by atoms with van der Waals surface area (Å²) in [6.07, 6.45) is -18.3. The first-order valence-corrected chi connectivity index (χ1v) is 24.3. The molecule has 18 nitrogen and oxygen atoms in total. The lowest BCUT2D eigenvalue weighted by atomic mass is 9.34. The Kier molecular flexibility index (Phi) is 15.4. The van der Waals surface area contributed by atoms with Crippen LogP contribution in [0, 0.1) is 45.3 Å². The van der Waals surface area contributed by atoms with Gasteiger partial charge in [-0.25, -0.2) is 0 Å². The van der Waals surface area contributed by atoms with Crippen molar-refractivity contribution in [3.63, 3.8) is 0 Å². The molecule has 3 heterocycles. The Hall–Kier alpha value is -0.980. The highest BCUT2D eigenvalue weighted by Gasteiger charge is 2.74. The van der Waals surface area contributed by atoms with Crippen molar-refractivity contribution < 1.29 is 89.7 Å². The number of fused-ring (bicyclic) bond motifs is 5. The zero-order valence-electron chi connectivity index (χ0n) is 40.2. The first-order chi connectivity index (χ1) is 30.7. The highest BCUT2D eigenvalue weighted by atomic mass is 16.8. The van der Waals surface area contributed by atoms with Crippen LogP contribution in [0.15, 0.2) is 11.6 Å². The van der Waals surface area contributed by atoms with E-state index in [2.05, 4.69) is 26.8 Å². The molecule has 0 unspecified atom stereocenters. The molecule has 4 saturated carbocycles. The maximum Gasteiger partial charge on any atom is 0.187 e. The van der Waals surface area contributed by atoms with Gasteiger partial charge in [-0.15, -0.1) is 0 Å². The molecular formula is C48H82O18. The minimum atomic E-state index is -1.75. The predicted octanol–water partition coefficient (Wildman–Crippen LogP) is -0.0284. The van der Waals surface area contributed by atoms with Gasteiger partial charge in [-0.2, -0.15) is 0 Å². The third kappa shape index (κ3) is 8.69. The molecule has 66 heavy (non-hydrogen) atoms. The normalized spacial score (nSPS) is 53.5. The smallest absolute Gasteiger partial charge is 0.187 e. The van der Waals surface area contributed by atoms with Gasteiger partial charge in [0, 0.05) is 0 Å². The van der Waals surface area contributed by atoms with Crippen LogP contribution in [0.1, 0.15) is 114 Å². The summed E-state index contributed by atoms with van der Waals surface area (Å²) in [5, 5.41) is 132. The van der Waals surface area contributed by atoms with Gasteiger partial charge >= 0.3 is 0 Å². The van der Waals surface area contributed by atoms with Gasteiger partial charge in [-0.3, -0.25) is 0 Å². The fraction of sp³-hybridized carbons (Fsp3) is 0.958. The van der Waals surface area contributed by atoms with E-state index in [1.807, 2.05) is 34.6 Å². The van der Waals surface area contributed by atoms with E-state index < -0.39 is 151 Å². The van der Waals surface area contributed by atoms with E-state index in [9.17, 15) is 61.3 Å². The third-order valence-corrected chi connectivity index (χ3v) is 18.7. The molecule has 0 aromatic heterocycles. The van der Waals surface area contributed by atoms with Crippen LogP contribution in [0.5, 0.6) is 0 Å². The van der Waals surface area contributed by atoms with E-state index in [4.69, 9.17) is 28.4 Å². The molecule has 7 aliphatic rings. The van der Waals surface area contributed by atoms with Gasteiger partial charge in [0.25, 0.3) is 0 Å². The topological polar surface area (TPSA) is 298 Å². The molecule has 0 spiro atoms. The second kappa shape index (κ2) is 19.2. The van der Waals surface area contributed by atoms with Crippen molar-refractivity contribution in [1.29, 1.82) is 0 Å². The van der Waals surface area contributed by atoms with Gasteiger partial charge in [0.2, 0.25) is 0 Å². The van der Waals surface area contributed by atoms with Gasteiger partial charge in [0.15, 0.2) is 18.9 Å². The standard InChI is InChI=1S/C48H82O18/c1-21(2)11-10-14-48(9,66-42-38(60)35(57)32(54)26(19-49)63-42)23-12-16-46(7)30(23)24(51)17-28-45(6)15-13-29(52)44(4,5)40(45)25(18-47(28,46)8)62-43-39(36(58)33(55)27(20-50)64-43)65-41-37(59)34(56)31(53)22(3)61-41/h11,22-43,49-60H,10,12-20H2,1-9H3/t22-,23+,24-,25+,26-,27-,28-,29+,30+,31-,32-,33-,34+,35+,36+,37+,38-,39-,40+,41+,42+,43-,45-,46-,47-,48+/m1/s1. The summed E-state index contributed by atoms with van der Waals surface area (Å²) >= 11 is 0. The summed E-state index contributed by atoms with van der Waals surface area (Å²) in [5.41, 5.74) is -2.43. The van der Waals surface area contributed by atoms with Crippen molar-refractivity contribution in [2.45, 2.75) is 230 Å². The molecule has 12 N–H and O–H groups in total. The van der Waals surface area contributed by atoms with Gasteiger partial charge in [-0.05, 0) is 124 Å². The molecule has 0 radical (unpaired) electrons. The average molecular weight is 947 g/mol. The lowest BCUT2D eigenvalue weighted by molar-refractivity contribution is -0.382. The van der Waals surface area contributed by atoms with Crippen LogP contribution in [0.3, 0.4) is 0 Å². The van der Waals surface area contributed by atoms with Crippen LogP contribution in [0.2, 0.25) is 0 Å². The number of aliphatic hydroxyl groups excluding tert-OH is 12. The molecule has 18 heteroatoms. The summed E-state index contributed by atoms with van der Waals surface area (Å²) < 4.78 is 38.1. The molecule has 3 aliphatic heterocycles. The van der Waals surface area contributed by atoms with Crippen molar-refractivity contribution in [2.24, 2.45) is 45.3 Å². The second-order valence-corrected chi connectivity index (χ2v) is 23.0. The Morgan fingerprint density at radius 3 is 1.89 bits per heavy atom. The van der Waals surface area contributed by atoms with Crippen molar-refractivity contribution in [3.05, 3.63) is 11.6 Å². The zero-order valence-corrected chi connectivity index (χ0v) is 40.2. The van der Waals surface area contributed by atoms with E-state index in [-0.39, 0.29) is 23.7 Å². The number of ether oxygens (including phenoxy) is 6. The van der Waals surface area contributed by atoms with Crippen molar-refractivity contribution in [1.82, 2.24) is 0 Å². The molecule has 0 aromatic rings. The Balaban J connectivity index is 1.27. The van der Waals surface area contributed by atoms with E-state index in [1.165, 1.54) is 6.92 Å². The van der Waals surface area contributed by atoms with Crippen LogP contribution in [0.25, 0.3) is 0 Å². The first-order valence-electron chi connectivity index (χ1n) is 24.3. The average Bonchev–Trinajstić information content (AvgIpc) is 3.64. The van der Waals surface area contributed by atoms with Crippen LogP contribution >= 0.6 is 0 Å². The highest BCUT2D eigenvalue weighted by Crippen LogP contribution is 2.76. The van der Waals surface area contributed by atoms with Crippen LogP contribution in [0.4, 0.5) is 0 Å². The largest absolute Gasteiger partial charge is 0.394 e. The number of rotatable bonds is 12. The molecule has 7 rings (SSSR count). The van der Waals surface area contributed by atoms with Gasteiger partial charge in [0.1, 0.15) is 67.1 Å². The quantitative estimate of drug-likeness (QED) is 0.0904. The maximum absolute atomic E-state index is 12.7. The molecule has 4 aliphatic carbocycles. The summed E-state index contributed by atoms with van der Waals surface area (Å²) in [5.74, 6) is -1.12. The monoisotopic (exact) mass is 947 g/mol. The summed E-state index contributed by atoms with van der Waals surface area (Å²) in [7, 11) is 0. The fourth-order valence-corrected chi connectivity index (χ4v) is 14.9. The highest BCUT2D eigenvalue weighted by molar-refractivity contribution is 5.22. The Labute approximate surface area is 388 Å². The molecule has 0 aromatic carbocycles. The number of allylic oxidation sites excluding steroid dienone is 2. The Morgan fingerprint density at radius 2 is 1.27 bits per heavy atom. The van der Waals surface area contributed by atoms with Crippen molar-refractivity contribution >= 4 is 0 Å². The lowest BCUT2D eigenvalue weighted by Crippen LogP contribution is -2.71. The summed E-state index contributed by atoms with van der Waals surface area (Å²) in [6, 6.07) is 0. The summed E-state index contributed by atoms with van der Waals surface area (Å²) in [6.45, 7) is 16.8. The van der Waals surface area contributed by atoms with Gasteiger partial charge in [-0.1, -0.05) is 46.3 Å². The predicted molar refractivity (Wildman–Crippen MR) is 234 cm³/mol. The van der Waals surface area contributed by atoms with E-state index in [0.29, 0.717) is 51.4 Å². The molecule has 7 fully saturated rings. The lowest BCUT2D eigenvalue weighted by Gasteiger charge is -2.72. The molecule has 382 valence electrons. The second-order valence-electron chi connectivity index (χ2n) is 23.0. The van der Waals surface area contributed by atoms with Crippen molar-refractivity contribution in [3.8, 4) is 0 Å². The fourth-order valence-electron chi connectivity index (χ4n) is 14.9. The van der Waals surface area contributed by atoms with Crippen LogP contribution in [-0.2, 0) is 28.4 Å². The molecule has 3 saturated heterocycles. The first kappa shape index (κ1) is 52.8. The van der Waals surface area contributed by atoms with E-state index in [0.717, 1.165) is 5.57 Å². The van der Waals surface area contributed by atoms with Gasteiger partial charge in [0.05, 0.1) is 43.2 Å². The van der Waals surface area contributed by atoms with Crippen LogP contribution in [-0.4, -0.2) is 191 Å². The molecule has 0 amide bonds. The van der Waals surface area contributed by atoms with E-state index in [1.54, 1.807) is 0 Å². The third-order valence-electron chi connectivity index (χ3n) is 18.7. The maximum atomic E-state index is 12.7. The minimum absolute atomic E-state index is 0.0861. The van der Waals surface area contributed by atoms with E-state index >= 15 is 0 Å². The molecule has 0 bridgehead atoms. The zero-order chi connectivity index (χ0) is 48.8. The molecular weight excluding hydrogens is 865 g/mol. The Morgan fingerprint density at radius 1 is 0.682 bits per heavy atom. The Bertz CT molecular complexity index is 1700. The van der Waals surface area contributed by atoms with Crippen molar-refractivity contribution in [2.75, 3.05) is 13.2 Å². The number of aliphatic hydroxyl groups is 12. The minimum Gasteiger partial charge on any atom is -0.394 e.